The third-order valence-corrected chi connectivity index (χ3v) is 10.7. The predicted molar refractivity (Wildman–Crippen MR) is 211 cm³/mol. The maximum Gasteiger partial charge on any atom is 0.164 e. The van der Waals surface area contributed by atoms with Gasteiger partial charge in [-0.1, -0.05) is 103 Å². The van der Waals surface area contributed by atoms with Gasteiger partial charge in [0.1, 0.15) is 11.2 Å². The van der Waals surface area contributed by atoms with E-state index in [1.165, 1.54) is 10.8 Å². The summed E-state index contributed by atoms with van der Waals surface area (Å²) in [6, 6.07) is 40.9. The van der Waals surface area contributed by atoms with Crippen LogP contribution >= 0.6 is 11.3 Å². The van der Waals surface area contributed by atoms with Gasteiger partial charge in [-0.3, -0.25) is 0 Å². The van der Waals surface area contributed by atoms with Gasteiger partial charge < -0.3 is 8.98 Å². The molecule has 0 bridgehead atoms. The number of hydrogen-bond acceptors (Lipinski definition) is 5. The van der Waals surface area contributed by atoms with Crippen LogP contribution in [0.4, 0.5) is 0 Å². The van der Waals surface area contributed by atoms with Crippen molar-refractivity contribution in [1.29, 1.82) is 0 Å². The number of nitrogens with zero attached hydrogens (tertiary/aromatic N) is 4. The van der Waals surface area contributed by atoms with Crippen molar-refractivity contribution < 1.29 is 11.3 Å². The van der Waals surface area contributed by atoms with Crippen LogP contribution in [0.3, 0.4) is 0 Å². The Hall–Kier alpha value is -6.63. The molecule has 0 aliphatic rings. The van der Waals surface area contributed by atoms with Crippen LogP contribution in [0.1, 0.15) is 6.85 Å². The van der Waals surface area contributed by atoms with Gasteiger partial charge in [-0.25, -0.2) is 15.0 Å². The van der Waals surface area contributed by atoms with E-state index in [1.807, 2.05) is 48.5 Å². The van der Waals surface area contributed by atoms with Crippen LogP contribution in [-0.4, -0.2) is 19.5 Å². The average Bonchev–Trinajstić information content (AvgIpc) is 3.90. The fourth-order valence-corrected chi connectivity index (χ4v) is 8.36. The number of thiophene rings is 1. The molecule has 0 saturated carbocycles. The summed E-state index contributed by atoms with van der Waals surface area (Å²) in [5, 5.41) is 6.53. The first-order valence-corrected chi connectivity index (χ1v) is 17.3. The van der Waals surface area contributed by atoms with E-state index in [-0.39, 0.29) is 29.3 Å². The third kappa shape index (κ3) is 4.43. The molecule has 51 heavy (non-hydrogen) atoms. The highest BCUT2D eigenvalue weighted by atomic mass is 32.1. The first kappa shape index (κ1) is 23.7. The first-order chi connectivity index (χ1) is 27.3. The Morgan fingerprint density at radius 2 is 1.02 bits per heavy atom. The van der Waals surface area contributed by atoms with E-state index >= 15 is 0 Å². The third-order valence-electron chi connectivity index (χ3n) is 9.55. The summed E-state index contributed by atoms with van der Waals surface area (Å²) in [5.41, 5.74) is 5.81. The molecule has 0 saturated heterocycles. The fraction of sp³-hybridized carbons (Fsp3) is 0. The lowest BCUT2D eigenvalue weighted by atomic mass is 10.1. The number of rotatable bonds is 4. The SMILES string of the molecule is [2H]c1c([2H])c([2H])c(-c2nc(-c3ccc4c(c3)oc3cc(-n5c6ccccc6c6ccccc65)ccc34)nc(-c3ccc4c(c3)sc3ccccc34)n2)c([2H])c1[2H]. The minimum atomic E-state index is -0.481. The lowest BCUT2D eigenvalue weighted by Gasteiger charge is -2.08. The second-order valence-electron chi connectivity index (χ2n) is 12.5. The summed E-state index contributed by atoms with van der Waals surface area (Å²) in [4.78, 5) is 14.5. The highest BCUT2D eigenvalue weighted by Crippen LogP contribution is 2.38. The molecule has 5 nitrogen and oxygen atoms in total. The minimum absolute atomic E-state index is 0.0149. The van der Waals surface area contributed by atoms with E-state index in [0.29, 0.717) is 22.5 Å². The number of furan rings is 1. The van der Waals surface area contributed by atoms with Crippen LogP contribution in [0.2, 0.25) is 0 Å². The summed E-state index contributed by atoms with van der Waals surface area (Å²) in [7, 11) is 0. The predicted octanol–water partition coefficient (Wildman–Crippen LogP) is 12.2. The summed E-state index contributed by atoms with van der Waals surface area (Å²) in [6.45, 7) is 0. The molecule has 0 amide bonds. The number of hydrogen-bond donors (Lipinski definition) is 0. The molecule has 11 aromatic rings. The summed E-state index contributed by atoms with van der Waals surface area (Å²) in [6.07, 6.45) is 0. The molecule has 0 aliphatic heterocycles. The molecule has 0 fully saturated rings. The van der Waals surface area contributed by atoms with Crippen LogP contribution in [0.25, 0.3) is 104 Å². The van der Waals surface area contributed by atoms with Gasteiger partial charge >= 0.3 is 0 Å². The zero-order chi connectivity index (χ0) is 37.8. The summed E-state index contributed by atoms with van der Waals surface area (Å²) < 4.78 is 53.4. The number of fused-ring (bicyclic) bond motifs is 9. The van der Waals surface area contributed by atoms with Crippen LogP contribution in [0.5, 0.6) is 0 Å². The summed E-state index contributed by atoms with van der Waals surface area (Å²) in [5.74, 6) is 0.581. The topological polar surface area (TPSA) is 56.7 Å². The Morgan fingerprint density at radius 3 is 1.75 bits per heavy atom. The van der Waals surface area contributed by atoms with Crippen molar-refractivity contribution in [3.05, 3.63) is 158 Å². The van der Waals surface area contributed by atoms with E-state index < -0.39 is 18.1 Å². The lowest BCUT2D eigenvalue weighted by Crippen LogP contribution is -2.00. The molecule has 0 atom stereocenters. The van der Waals surface area contributed by atoms with E-state index in [9.17, 15) is 0 Å². The van der Waals surface area contributed by atoms with Crippen LogP contribution in [0, 0.1) is 0 Å². The standard InChI is InChI=1S/C45H26N4OS/c1-2-10-27(11-3-1)43-46-44(48-45(47-43)29-19-22-36-35-14-6-9-17-41(35)51-42(36)25-29)28-18-21-33-34-23-20-30(26-40(34)50-39(33)24-28)49-37-15-7-4-12-31(37)32-13-5-8-16-38(32)49/h1-26H/i1D,2D,3D,10D,11D. The van der Waals surface area contributed by atoms with E-state index in [1.54, 1.807) is 11.3 Å². The van der Waals surface area contributed by atoms with Gasteiger partial charge in [0, 0.05) is 70.2 Å². The molecular formula is C45H26N4OS. The van der Waals surface area contributed by atoms with Crippen LogP contribution in [-0.2, 0) is 0 Å². The highest BCUT2D eigenvalue weighted by Gasteiger charge is 2.17. The molecule has 4 aromatic heterocycles. The highest BCUT2D eigenvalue weighted by molar-refractivity contribution is 7.25. The van der Waals surface area contributed by atoms with Crippen molar-refractivity contribution >= 4 is 75.3 Å². The molecule has 6 heteroatoms. The zero-order valence-electron chi connectivity index (χ0n) is 31.7. The largest absolute Gasteiger partial charge is 0.456 e. The van der Waals surface area contributed by atoms with Crippen LogP contribution < -0.4 is 0 Å². The molecule has 4 heterocycles. The van der Waals surface area contributed by atoms with E-state index in [2.05, 4.69) is 83.4 Å². The molecule has 238 valence electrons. The monoisotopic (exact) mass is 675 g/mol. The second-order valence-corrected chi connectivity index (χ2v) is 13.6. The summed E-state index contributed by atoms with van der Waals surface area (Å²) >= 11 is 1.67. The first-order valence-electron chi connectivity index (χ1n) is 19.0. The minimum Gasteiger partial charge on any atom is -0.456 e. The molecule has 7 aromatic carbocycles. The van der Waals surface area contributed by atoms with Gasteiger partial charge in [0.15, 0.2) is 17.5 Å². The Labute approximate surface area is 302 Å². The van der Waals surface area contributed by atoms with Gasteiger partial charge in [-0.05, 0) is 48.5 Å². The molecule has 0 unspecified atom stereocenters. The number of aromatic nitrogens is 4. The molecule has 11 rings (SSSR count). The Balaban J connectivity index is 1.09. The maximum atomic E-state index is 8.73. The molecule has 0 aliphatic carbocycles. The molecular weight excluding hydrogens is 645 g/mol. The lowest BCUT2D eigenvalue weighted by molar-refractivity contribution is 0.668. The smallest absolute Gasteiger partial charge is 0.164 e. The molecule has 0 radical (unpaired) electrons. The van der Waals surface area contributed by atoms with E-state index in [4.69, 9.17) is 26.2 Å². The van der Waals surface area contributed by atoms with Crippen molar-refractivity contribution in [1.82, 2.24) is 19.5 Å². The quantitative estimate of drug-likeness (QED) is 0.186. The van der Waals surface area contributed by atoms with E-state index in [0.717, 1.165) is 53.2 Å². The van der Waals surface area contributed by atoms with Crippen molar-refractivity contribution in [2.24, 2.45) is 0 Å². The normalized spacial score (nSPS) is 13.3. The molecule has 0 N–H and O–H groups in total. The van der Waals surface area contributed by atoms with Crippen molar-refractivity contribution in [3.63, 3.8) is 0 Å². The Bertz CT molecular complexity index is 3380. The Kier molecular flexibility index (Phi) is 5.08. The van der Waals surface area contributed by atoms with Crippen molar-refractivity contribution in [2.75, 3.05) is 0 Å². The second kappa shape index (κ2) is 10.9. The van der Waals surface area contributed by atoms with Crippen molar-refractivity contribution in [2.45, 2.75) is 0 Å². The van der Waals surface area contributed by atoms with Gasteiger partial charge in [-0.2, -0.15) is 0 Å². The van der Waals surface area contributed by atoms with Gasteiger partial charge in [0.05, 0.1) is 17.9 Å². The van der Waals surface area contributed by atoms with Crippen LogP contribution in [0.15, 0.2) is 162 Å². The van der Waals surface area contributed by atoms with Gasteiger partial charge in [-0.15, -0.1) is 11.3 Å². The van der Waals surface area contributed by atoms with Gasteiger partial charge in [0.2, 0.25) is 0 Å². The Morgan fingerprint density at radius 1 is 0.471 bits per heavy atom. The average molecular weight is 676 g/mol. The maximum absolute atomic E-state index is 8.73. The number of benzene rings is 7. The fourth-order valence-electron chi connectivity index (χ4n) is 7.22. The molecule has 0 spiro atoms. The number of para-hydroxylation sites is 2. The van der Waals surface area contributed by atoms with Crippen molar-refractivity contribution in [3.8, 4) is 39.9 Å². The van der Waals surface area contributed by atoms with Gasteiger partial charge in [0.25, 0.3) is 0 Å². The zero-order valence-corrected chi connectivity index (χ0v) is 27.5.